The van der Waals surface area contributed by atoms with Crippen LogP contribution in [0.2, 0.25) is 0 Å². The van der Waals surface area contributed by atoms with Crippen LogP contribution < -0.4 is 0 Å². The quantitative estimate of drug-likeness (QED) is 0.505. The minimum absolute atomic E-state index is 1.11. The summed E-state index contributed by atoms with van der Waals surface area (Å²) in [6, 6.07) is 0. The highest BCUT2D eigenvalue weighted by molar-refractivity contribution is 5.68. The summed E-state index contributed by atoms with van der Waals surface area (Å²) in [5.74, 6) is 0. The van der Waals surface area contributed by atoms with E-state index in [-0.39, 0.29) is 0 Å². The van der Waals surface area contributed by atoms with Gasteiger partial charge in [0.15, 0.2) is 0 Å². The van der Waals surface area contributed by atoms with Crippen molar-refractivity contribution in [3.8, 4) is 0 Å². The van der Waals surface area contributed by atoms with Crippen LogP contribution in [0.15, 0.2) is 81.0 Å². The third-order valence-corrected chi connectivity index (χ3v) is 4.87. The Bertz CT molecular complexity index is 647. The summed E-state index contributed by atoms with van der Waals surface area (Å²) in [4.78, 5) is 0. The zero-order chi connectivity index (χ0) is 13.7. The van der Waals surface area contributed by atoms with E-state index in [0.29, 0.717) is 0 Å². The molecule has 0 fully saturated rings. The standard InChI is InChI=1S/C20H20/c1-13-3-5-15-7-9-17(19(15)11-13)18-10-8-16-6-4-14(2)12-20(16)18/h3-4,7-10H,5-6,11-12H2,1-2H3/b18-17+. The fraction of sp³-hybridized carbons (Fsp3) is 0.300. The highest BCUT2D eigenvalue weighted by Gasteiger charge is 2.25. The zero-order valence-electron chi connectivity index (χ0n) is 12.3. The van der Waals surface area contributed by atoms with Crippen LogP contribution in [0.1, 0.15) is 39.5 Å². The maximum atomic E-state index is 2.37. The summed E-state index contributed by atoms with van der Waals surface area (Å²) >= 11 is 0. The van der Waals surface area contributed by atoms with E-state index in [4.69, 9.17) is 0 Å². The summed E-state index contributed by atoms with van der Waals surface area (Å²) in [6.07, 6.45) is 18.6. The maximum absolute atomic E-state index is 2.37. The molecule has 0 saturated carbocycles. The van der Waals surface area contributed by atoms with Crippen LogP contribution in [0.4, 0.5) is 0 Å². The number of rotatable bonds is 0. The summed E-state index contributed by atoms with van der Waals surface area (Å²) in [5, 5.41) is 0. The molecule has 0 heterocycles. The van der Waals surface area contributed by atoms with Crippen LogP contribution in [0.5, 0.6) is 0 Å². The Morgan fingerprint density at radius 1 is 0.650 bits per heavy atom. The number of allylic oxidation sites excluding steroid dienone is 14. The minimum Gasteiger partial charge on any atom is -0.0809 e. The Morgan fingerprint density at radius 3 is 1.55 bits per heavy atom. The molecule has 0 spiro atoms. The first-order valence-electron chi connectivity index (χ1n) is 7.59. The van der Waals surface area contributed by atoms with Gasteiger partial charge in [-0.15, -0.1) is 0 Å². The largest absolute Gasteiger partial charge is 0.0809 e. The van der Waals surface area contributed by atoms with Crippen molar-refractivity contribution in [2.24, 2.45) is 0 Å². The number of hydrogen-bond acceptors (Lipinski definition) is 0. The normalized spacial score (nSPS) is 27.9. The average Bonchev–Trinajstić information content (AvgIpc) is 3.01. The van der Waals surface area contributed by atoms with Crippen LogP contribution in [0, 0.1) is 0 Å². The summed E-state index contributed by atoms with van der Waals surface area (Å²) in [5.41, 5.74) is 12.2. The van der Waals surface area contributed by atoms with Crippen molar-refractivity contribution in [3.63, 3.8) is 0 Å². The second-order valence-electron chi connectivity index (χ2n) is 6.36. The van der Waals surface area contributed by atoms with Crippen LogP contribution in [0.25, 0.3) is 0 Å². The SMILES string of the molecule is CC1=CCC2=C(C1)/C(=C1\C=CC3=C1CC(C)=CC3)C=C2. The molecule has 0 nitrogen and oxygen atoms in total. The fourth-order valence-electron chi connectivity index (χ4n) is 3.69. The van der Waals surface area contributed by atoms with E-state index >= 15 is 0 Å². The first-order chi connectivity index (χ1) is 9.72. The van der Waals surface area contributed by atoms with Crippen LogP contribution in [-0.2, 0) is 0 Å². The van der Waals surface area contributed by atoms with Crippen molar-refractivity contribution in [2.75, 3.05) is 0 Å². The molecule has 0 heteroatoms. The molecule has 0 saturated heterocycles. The predicted molar refractivity (Wildman–Crippen MR) is 85.3 cm³/mol. The van der Waals surface area contributed by atoms with E-state index in [1.807, 2.05) is 0 Å². The van der Waals surface area contributed by atoms with Crippen molar-refractivity contribution in [1.29, 1.82) is 0 Å². The molecule has 0 bridgehead atoms. The van der Waals surface area contributed by atoms with Gasteiger partial charge in [0.1, 0.15) is 0 Å². The molecule has 0 unspecified atom stereocenters. The molecule has 0 aromatic carbocycles. The van der Waals surface area contributed by atoms with Crippen molar-refractivity contribution >= 4 is 0 Å². The molecule has 0 atom stereocenters. The second-order valence-corrected chi connectivity index (χ2v) is 6.36. The molecule has 100 valence electrons. The van der Waals surface area contributed by atoms with Gasteiger partial charge in [0, 0.05) is 0 Å². The molecule has 4 rings (SSSR count). The van der Waals surface area contributed by atoms with Gasteiger partial charge in [0.05, 0.1) is 0 Å². The lowest BCUT2D eigenvalue weighted by Gasteiger charge is -2.19. The Balaban J connectivity index is 1.78. The van der Waals surface area contributed by atoms with E-state index in [2.05, 4.69) is 50.3 Å². The van der Waals surface area contributed by atoms with Crippen LogP contribution in [-0.4, -0.2) is 0 Å². The predicted octanol–water partition coefficient (Wildman–Crippen LogP) is 5.50. The maximum Gasteiger partial charge on any atom is -0.00608 e. The lowest BCUT2D eigenvalue weighted by molar-refractivity contribution is 1.01. The lowest BCUT2D eigenvalue weighted by atomic mass is 9.85. The van der Waals surface area contributed by atoms with Crippen LogP contribution in [0.3, 0.4) is 0 Å². The molecule has 0 aromatic rings. The third kappa shape index (κ3) is 1.75. The topological polar surface area (TPSA) is 0 Å². The van der Waals surface area contributed by atoms with Gasteiger partial charge in [-0.05, 0) is 73.0 Å². The molecule has 0 amide bonds. The molecule has 20 heavy (non-hydrogen) atoms. The van der Waals surface area contributed by atoms with Gasteiger partial charge in [-0.25, -0.2) is 0 Å². The summed E-state index contributed by atoms with van der Waals surface area (Å²) < 4.78 is 0. The van der Waals surface area contributed by atoms with Crippen molar-refractivity contribution < 1.29 is 0 Å². The Hall–Kier alpha value is -1.82. The van der Waals surface area contributed by atoms with Crippen LogP contribution >= 0.6 is 0 Å². The Kier molecular flexibility index (Phi) is 2.60. The van der Waals surface area contributed by atoms with Gasteiger partial charge in [0.25, 0.3) is 0 Å². The van der Waals surface area contributed by atoms with Crippen molar-refractivity contribution in [3.05, 3.63) is 81.0 Å². The Labute approximate surface area is 121 Å². The first-order valence-corrected chi connectivity index (χ1v) is 7.59. The highest BCUT2D eigenvalue weighted by atomic mass is 14.3. The minimum atomic E-state index is 1.11. The second kappa shape index (κ2) is 4.34. The Morgan fingerprint density at radius 2 is 1.10 bits per heavy atom. The molecular formula is C20H20. The molecular weight excluding hydrogens is 240 g/mol. The van der Waals surface area contributed by atoms with Gasteiger partial charge in [-0.2, -0.15) is 0 Å². The zero-order valence-corrected chi connectivity index (χ0v) is 12.3. The van der Waals surface area contributed by atoms with E-state index in [9.17, 15) is 0 Å². The molecule has 0 radical (unpaired) electrons. The first kappa shape index (κ1) is 12.0. The van der Waals surface area contributed by atoms with Gasteiger partial charge in [0.2, 0.25) is 0 Å². The van der Waals surface area contributed by atoms with E-state index in [1.54, 1.807) is 11.1 Å². The van der Waals surface area contributed by atoms with E-state index in [1.165, 1.54) is 33.4 Å². The summed E-state index contributed by atoms with van der Waals surface area (Å²) in [6.45, 7) is 4.51. The molecule has 0 aliphatic heterocycles. The molecule has 4 aliphatic carbocycles. The summed E-state index contributed by atoms with van der Waals surface area (Å²) in [7, 11) is 0. The fourth-order valence-corrected chi connectivity index (χ4v) is 3.69. The lowest BCUT2D eigenvalue weighted by Crippen LogP contribution is -2.00. The van der Waals surface area contributed by atoms with Gasteiger partial charge in [-0.1, -0.05) is 47.6 Å². The number of hydrogen-bond donors (Lipinski definition) is 0. The highest BCUT2D eigenvalue weighted by Crippen LogP contribution is 2.43. The van der Waals surface area contributed by atoms with E-state index < -0.39 is 0 Å². The van der Waals surface area contributed by atoms with Crippen molar-refractivity contribution in [1.82, 2.24) is 0 Å². The van der Waals surface area contributed by atoms with Gasteiger partial charge >= 0.3 is 0 Å². The van der Waals surface area contributed by atoms with Gasteiger partial charge < -0.3 is 0 Å². The average molecular weight is 260 g/mol. The molecule has 0 N–H and O–H groups in total. The molecule has 0 aromatic heterocycles. The smallest absolute Gasteiger partial charge is 0.00608 e. The third-order valence-electron chi connectivity index (χ3n) is 4.87. The van der Waals surface area contributed by atoms with Crippen molar-refractivity contribution in [2.45, 2.75) is 39.5 Å². The van der Waals surface area contributed by atoms with Gasteiger partial charge in [-0.3, -0.25) is 0 Å². The molecule has 4 aliphatic rings. The van der Waals surface area contributed by atoms with E-state index in [0.717, 1.165) is 25.7 Å². The monoisotopic (exact) mass is 260 g/mol.